The first-order valence-electron chi connectivity index (χ1n) is 4.01. The summed E-state index contributed by atoms with van der Waals surface area (Å²) in [5.74, 6) is 0.122. The SMILES string of the molecule is CC(C)c1ccc(C(N)=O)cc1.Cl. The van der Waals surface area contributed by atoms with Crippen molar-refractivity contribution in [3.05, 3.63) is 35.4 Å². The lowest BCUT2D eigenvalue weighted by atomic mass is 10.0. The van der Waals surface area contributed by atoms with E-state index in [1.807, 2.05) is 12.1 Å². The highest BCUT2D eigenvalue weighted by atomic mass is 35.5. The Hall–Kier alpha value is -1.02. The number of halogens is 1. The van der Waals surface area contributed by atoms with Gasteiger partial charge in [0.25, 0.3) is 0 Å². The standard InChI is InChI=1S/C10H13NO.ClH/c1-7(2)8-3-5-9(6-4-8)10(11)12;/h3-7H,1-2H3,(H2,11,12);1H. The summed E-state index contributed by atoms with van der Waals surface area (Å²) in [6.45, 7) is 4.22. The molecule has 0 unspecified atom stereocenters. The van der Waals surface area contributed by atoms with E-state index < -0.39 is 0 Å². The van der Waals surface area contributed by atoms with Crippen LogP contribution in [0.1, 0.15) is 35.7 Å². The van der Waals surface area contributed by atoms with Crippen molar-refractivity contribution in [2.24, 2.45) is 5.73 Å². The molecule has 1 aromatic carbocycles. The maximum absolute atomic E-state index is 10.7. The van der Waals surface area contributed by atoms with Gasteiger partial charge in [0.05, 0.1) is 0 Å². The van der Waals surface area contributed by atoms with Crippen LogP contribution in [0.25, 0.3) is 0 Å². The number of hydrogen-bond acceptors (Lipinski definition) is 1. The van der Waals surface area contributed by atoms with Gasteiger partial charge in [-0.2, -0.15) is 0 Å². The first kappa shape index (κ1) is 12.0. The molecule has 72 valence electrons. The monoisotopic (exact) mass is 199 g/mol. The van der Waals surface area contributed by atoms with E-state index in [-0.39, 0.29) is 18.3 Å². The second kappa shape index (κ2) is 4.87. The fourth-order valence-electron chi connectivity index (χ4n) is 1.03. The molecule has 0 heterocycles. The van der Waals surface area contributed by atoms with Crippen LogP contribution in [0.4, 0.5) is 0 Å². The molecule has 0 radical (unpaired) electrons. The minimum Gasteiger partial charge on any atom is -0.366 e. The van der Waals surface area contributed by atoms with Crippen LogP contribution in [0.5, 0.6) is 0 Å². The zero-order valence-corrected chi connectivity index (χ0v) is 8.60. The summed E-state index contributed by atoms with van der Waals surface area (Å²) in [5, 5.41) is 0. The molecular formula is C10H14ClNO. The van der Waals surface area contributed by atoms with Gasteiger partial charge in [0.1, 0.15) is 0 Å². The average Bonchev–Trinajstić information content (AvgIpc) is 2.04. The van der Waals surface area contributed by atoms with Crippen molar-refractivity contribution in [1.82, 2.24) is 0 Å². The van der Waals surface area contributed by atoms with Crippen LogP contribution >= 0.6 is 12.4 Å². The number of amides is 1. The van der Waals surface area contributed by atoms with Gasteiger partial charge in [-0.3, -0.25) is 4.79 Å². The van der Waals surface area contributed by atoms with E-state index in [1.54, 1.807) is 12.1 Å². The van der Waals surface area contributed by atoms with E-state index >= 15 is 0 Å². The van der Waals surface area contributed by atoms with E-state index in [0.29, 0.717) is 11.5 Å². The second-order valence-electron chi connectivity index (χ2n) is 3.14. The molecule has 2 nitrogen and oxygen atoms in total. The van der Waals surface area contributed by atoms with Gasteiger partial charge in [-0.15, -0.1) is 12.4 Å². The van der Waals surface area contributed by atoms with Crippen molar-refractivity contribution in [3.8, 4) is 0 Å². The molecule has 0 spiro atoms. The van der Waals surface area contributed by atoms with E-state index in [9.17, 15) is 4.79 Å². The van der Waals surface area contributed by atoms with E-state index in [0.717, 1.165) is 0 Å². The number of hydrogen-bond donors (Lipinski definition) is 1. The molecule has 13 heavy (non-hydrogen) atoms. The van der Waals surface area contributed by atoms with Crippen LogP contribution in [0.15, 0.2) is 24.3 Å². The van der Waals surface area contributed by atoms with Crippen molar-refractivity contribution in [3.63, 3.8) is 0 Å². The maximum atomic E-state index is 10.7. The summed E-state index contributed by atoms with van der Waals surface area (Å²) in [6.07, 6.45) is 0. The Morgan fingerprint density at radius 2 is 1.69 bits per heavy atom. The van der Waals surface area contributed by atoms with Gasteiger partial charge in [0.2, 0.25) is 5.91 Å². The molecular weight excluding hydrogens is 186 g/mol. The topological polar surface area (TPSA) is 43.1 Å². The van der Waals surface area contributed by atoms with E-state index in [4.69, 9.17) is 5.73 Å². The summed E-state index contributed by atoms with van der Waals surface area (Å²) in [5.41, 5.74) is 6.89. The van der Waals surface area contributed by atoms with Crippen LogP contribution in [0, 0.1) is 0 Å². The van der Waals surface area contributed by atoms with E-state index in [2.05, 4.69) is 13.8 Å². The lowest BCUT2D eigenvalue weighted by molar-refractivity contribution is 0.100. The fraction of sp³-hybridized carbons (Fsp3) is 0.300. The van der Waals surface area contributed by atoms with Crippen molar-refractivity contribution >= 4 is 18.3 Å². The predicted molar refractivity (Wildman–Crippen MR) is 56.3 cm³/mol. The first-order valence-corrected chi connectivity index (χ1v) is 4.01. The molecule has 1 rings (SSSR count). The number of nitrogens with two attached hydrogens (primary N) is 1. The highest BCUT2D eigenvalue weighted by Gasteiger charge is 2.01. The quantitative estimate of drug-likeness (QED) is 0.781. The van der Waals surface area contributed by atoms with Gasteiger partial charge in [-0.25, -0.2) is 0 Å². The zero-order valence-electron chi connectivity index (χ0n) is 7.78. The molecule has 0 atom stereocenters. The van der Waals surface area contributed by atoms with Gasteiger partial charge < -0.3 is 5.73 Å². The minimum absolute atomic E-state index is 0. The Labute approximate surface area is 84.5 Å². The molecule has 0 saturated heterocycles. The summed E-state index contributed by atoms with van der Waals surface area (Å²) in [6, 6.07) is 7.39. The molecule has 0 aromatic heterocycles. The van der Waals surface area contributed by atoms with Crippen LogP contribution < -0.4 is 5.73 Å². The summed E-state index contributed by atoms with van der Waals surface area (Å²) in [7, 11) is 0. The molecule has 0 aliphatic carbocycles. The third-order valence-corrected chi connectivity index (χ3v) is 1.86. The van der Waals surface area contributed by atoms with Crippen LogP contribution in [0.3, 0.4) is 0 Å². The summed E-state index contributed by atoms with van der Waals surface area (Å²) >= 11 is 0. The van der Waals surface area contributed by atoms with E-state index in [1.165, 1.54) is 5.56 Å². The molecule has 0 aliphatic rings. The number of carbonyl (C=O) groups excluding carboxylic acids is 1. The second-order valence-corrected chi connectivity index (χ2v) is 3.14. The number of carbonyl (C=O) groups is 1. The number of rotatable bonds is 2. The third kappa shape index (κ3) is 3.07. The zero-order chi connectivity index (χ0) is 9.14. The highest BCUT2D eigenvalue weighted by molar-refractivity contribution is 5.92. The molecule has 3 heteroatoms. The van der Waals surface area contributed by atoms with Crippen LogP contribution in [-0.2, 0) is 0 Å². The Bertz CT molecular complexity index is 279. The van der Waals surface area contributed by atoms with Crippen LogP contribution in [0.2, 0.25) is 0 Å². The summed E-state index contributed by atoms with van der Waals surface area (Å²) in [4.78, 5) is 10.7. The van der Waals surface area contributed by atoms with Crippen molar-refractivity contribution in [2.75, 3.05) is 0 Å². The third-order valence-electron chi connectivity index (χ3n) is 1.86. The Kier molecular flexibility index (Phi) is 4.49. The Morgan fingerprint density at radius 1 is 1.23 bits per heavy atom. The van der Waals surface area contributed by atoms with Crippen molar-refractivity contribution < 1.29 is 4.79 Å². The molecule has 1 amide bonds. The van der Waals surface area contributed by atoms with Gasteiger partial charge in [0.15, 0.2) is 0 Å². The van der Waals surface area contributed by atoms with Gasteiger partial charge in [-0.05, 0) is 23.6 Å². The predicted octanol–water partition coefficient (Wildman–Crippen LogP) is 2.33. The van der Waals surface area contributed by atoms with Gasteiger partial charge >= 0.3 is 0 Å². The molecule has 2 N–H and O–H groups in total. The first-order chi connectivity index (χ1) is 5.61. The average molecular weight is 200 g/mol. The molecule has 1 aromatic rings. The van der Waals surface area contributed by atoms with Crippen LogP contribution in [-0.4, -0.2) is 5.91 Å². The molecule has 0 saturated carbocycles. The number of benzene rings is 1. The van der Waals surface area contributed by atoms with Crippen molar-refractivity contribution in [1.29, 1.82) is 0 Å². The fourth-order valence-corrected chi connectivity index (χ4v) is 1.03. The smallest absolute Gasteiger partial charge is 0.248 e. The largest absolute Gasteiger partial charge is 0.366 e. The highest BCUT2D eigenvalue weighted by Crippen LogP contribution is 2.14. The summed E-state index contributed by atoms with van der Waals surface area (Å²) < 4.78 is 0. The Balaban J connectivity index is 0.00000144. The van der Waals surface area contributed by atoms with Gasteiger partial charge in [0, 0.05) is 5.56 Å². The molecule has 0 bridgehead atoms. The normalized spacial score (nSPS) is 9.46. The maximum Gasteiger partial charge on any atom is 0.248 e. The molecule has 0 aliphatic heterocycles. The number of primary amides is 1. The molecule has 0 fully saturated rings. The lowest BCUT2D eigenvalue weighted by Gasteiger charge is -2.04. The minimum atomic E-state index is -0.370. The Morgan fingerprint density at radius 3 is 2.00 bits per heavy atom. The van der Waals surface area contributed by atoms with Gasteiger partial charge in [-0.1, -0.05) is 26.0 Å². The van der Waals surface area contributed by atoms with Crippen molar-refractivity contribution in [2.45, 2.75) is 19.8 Å². The lowest BCUT2D eigenvalue weighted by Crippen LogP contribution is -2.10.